The number of pyridine rings is 1. The molecule has 0 bridgehead atoms. The Bertz CT molecular complexity index is 540. The standard InChI is InChI=1S/C18H27FN4O/c19-16-5-3-6-17(21-16)23-13-7-15(8-14-23)18(24)20-9-4-12-22-10-1-2-11-22/h3,5-6,15H,1-2,4,7-14H2,(H,20,24). The summed E-state index contributed by atoms with van der Waals surface area (Å²) in [5.74, 6) is 0.453. The number of aromatic nitrogens is 1. The highest BCUT2D eigenvalue weighted by atomic mass is 19.1. The maximum atomic E-state index is 13.2. The Morgan fingerprint density at radius 1 is 1.21 bits per heavy atom. The topological polar surface area (TPSA) is 48.5 Å². The number of carbonyl (C=O) groups is 1. The number of likely N-dealkylation sites (tertiary alicyclic amines) is 1. The lowest BCUT2D eigenvalue weighted by molar-refractivity contribution is -0.125. The quantitative estimate of drug-likeness (QED) is 0.639. The van der Waals surface area contributed by atoms with Gasteiger partial charge in [-0.15, -0.1) is 0 Å². The molecule has 0 atom stereocenters. The van der Waals surface area contributed by atoms with Crippen LogP contribution in [0.2, 0.25) is 0 Å². The van der Waals surface area contributed by atoms with Crippen molar-refractivity contribution in [1.82, 2.24) is 15.2 Å². The number of carbonyl (C=O) groups excluding carboxylic acids is 1. The molecule has 2 aliphatic rings. The minimum Gasteiger partial charge on any atom is -0.356 e. The summed E-state index contributed by atoms with van der Waals surface area (Å²) in [7, 11) is 0. The van der Waals surface area contributed by atoms with Crippen LogP contribution < -0.4 is 10.2 Å². The second kappa shape index (κ2) is 8.42. The highest BCUT2D eigenvalue weighted by Gasteiger charge is 2.25. The van der Waals surface area contributed by atoms with Crippen molar-refractivity contribution in [3.05, 3.63) is 24.1 Å². The SMILES string of the molecule is O=C(NCCCN1CCCC1)C1CCN(c2cccc(F)n2)CC1. The van der Waals surface area contributed by atoms with Crippen molar-refractivity contribution in [1.29, 1.82) is 0 Å². The van der Waals surface area contributed by atoms with Gasteiger partial charge >= 0.3 is 0 Å². The van der Waals surface area contributed by atoms with Crippen LogP contribution in [-0.2, 0) is 4.79 Å². The molecule has 0 saturated carbocycles. The average molecular weight is 334 g/mol. The fraction of sp³-hybridized carbons (Fsp3) is 0.667. The molecule has 3 rings (SSSR count). The molecule has 0 unspecified atom stereocenters. The van der Waals surface area contributed by atoms with E-state index in [1.165, 1.54) is 32.0 Å². The van der Waals surface area contributed by atoms with Crippen LogP contribution >= 0.6 is 0 Å². The normalized spacial score (nSPS) is 19.6. The fourth-order valence-corrected chi connectivity index (χ4v) is 3.61. The number of nitrogens with one attached hydrogen (secondary N) is 1. The van der Waals surface area contributed by atoms with Gasteiger partial charge in [-0.05, 0) is 63.9 Å². The molecule has 1 aromatic heterocycles. The van der Waals surface area contributed by atoms with Gasteiger partial charge in [-0.25, -0.2) is 4.98 Å². The van der Waals surface area contributed by atoms with Gasteiger partial charge in [-0.2, -0.15) is 4.39 Å². The summed E-state index contributed by atoms with van der Waals surface area (Å²) in [5, 5.41) is 3.08. The average Bonchev–Trinajstić information content (AvgIpc) is 3.12. The van der Waals surface area contributed by atoms with Crippen LogP contribution in [0.15, 0.2) is 18.2 Å². The summed E-state index contributed by atoms with van der Waals surface area (Å²) in [4.78, 5) is 20.7. The summed E-state index contributed by atoms with van der Waals surface area (Å²) in [6.07, 6.45) is 5.25. The first-order valence-corrected chi connectivity index (χ1v) is 9.10. The van der Waals surface area contributed by atoms with Crippen LogP contribution in [0.25, 0.3) is 0 Å². The number of rotatable bonds is 6. The molecule has 0 radical (unpaired) electrons. The lowest BCUT2D eigenvalue weighted by atomic mass is 9.96. The molecule has 0 aliphatic carbocycles. The zero-order valence-electron chi connectivity index (χ0n) is 14.2. The third-order valence-corrected chi connectivity index (χ3v) is 5.04. The number of amides is 1. The van der Waals surface area contributed by atoms with E-state index in [0.29, 0.717) is 5.82 Å². The van der Waals surface area contributed by atoms with Crippen molar-refractivity contribution in [3.8, 4) is 0 Å². The second-order valence-electron chi connectivity index (χ2n) is 6.77. The molecular formula is C18H27FN4O. The van der Waals surface area contributed by atoms with E-state index in [1.54, 1.807) is 6.07 Å². The minimum atomic E-state index is -0.453. The molecule has 24 heavy (non-hydrogen) atoms. The lowest BCUT2D eigenvalue weighted by Gasteiger charge is -2.32. The summed E-state index contributed by atoms with van der Waals surface area (Å²) in [6.45, 7) is 5.77. The predicted octanol–water partition coefficient (Wildman–Crippen LogP) is 2.04. The van der Waals surface area contributed by atoms with Gasteiger partial charge < -0.3 is 15.1 Å². The maximum Gasteiger partial charge on any atom is 0.223 e. The number of piperidine rings is 1. The van der Waals surface area contributed by atoms with Gasteiger partial charge in [0.2, 0.25) is 11.9 Å². The number of nitrogens with zero attached hydrogens (tertiary/aromatic N) is 3. The molecule has 132 valence electrons. The van der Waals surface area contributed by atoms with E-state index in [1.807, 2.05) is 6.07 Å². The maximum absolute atomic E-state index is 13.2. The zero-order valence-corrected chi connectivity index (χ0v) is 14.2. The van der Waals surface area contributed by atoms with E-state index in [-0.39, 0.29) is 11.8 Å². The van der Waals surface area contributed by atoms with Crippen molar-refractivity contribution in [2.24, 2.45) is 5.92 Å². The van der Waals surface area contributed by atoms with Gasteiger partial charge in [0.1, 0.15) is 5.82 Å². The zero-order chi connectivity index (χ0) is 16.8. The molecule has 1 N–H and O–H groups in total. The van der Waals surface area contributed by atoms with Crippen LogP contribution in [0.4, 0.5) is 10.2 Å². The van der Waals surface area contributed by atoms with E-state index >= 15 is 0 Å². The number of anilines is 1. The summed E-state index contributed by atoms with van der Waals surface area (Å²) in [6, 6.07) is 4.85. The first-order valence-electron chi connectivity index (χ1n) is 9.10. The van der Waals surface area contributed by atoms with Gasteiger partial charge in [0, 0.05) is 25.6 Å². The van der Waals surface area contributed by atoms with Crippen molar-refractivity contribution in [2.45, 2.75) is 32.1 Å². The van der Waals surface area contributed by atoms with Gasteiger partial charge in [0.05, 0.1) is 0 Å². The Kier molecular flexibility index (Phi) is 6.01. The molecule has 1 amide bonds. The van der Waals surface area contributed by atoms with Crippen LogP contribution in [0, 0.1) is 11.9 Å². The Balaban J connectivity index is 1.35. The minimum absolute atomic E-state index is 0.0709. The second-order valence-corrected chi connectivity index (χ2v) is 6.77. The molecule has 0 spiro atoms. The Hall–Kier alpha value is -1.69. The smallest absolute Gasteiger partial charge is 0.223 e. The van der Waals surface area contributed by atoms with E-state index in [9.17, 15) is 9.18 Å². The highest BCUT2D eigenvalue weighted by molar-refractivity contribution is 5.78. The van der Waals surface area contributed by atoms with Crippen LogP contribution in [0.5, 0.6) is 0 Å². The van der Waals surface area contributed by atoms with Crippen LogP contribution in [-0.4, -0.2) is 55.1 Å². The number of hydrogen-bond donors (Lipinski definition) is 1. The van der Waals surface area contributed by atoms with Gasteiger partial charge in [0.15, 0.2) is 0 Å². The van der Waals surface area contributed by atoms with Crippen molar-refractivity contribution in [2.75, 3.05) is 44.2 Å². The molecule has 2 aliphatic heterocycles. The largest absolute Gasteiger partial charge is 0.356 e. The molecule has 2 saturated heterocycles. The number of hydrogen-bond acceptors (Lipinski definition) is 4. The Morgan fingerprint density at radius 3 is 2.67 bits per heavy atom. The molecule has 2 fully saturated rings. The van der Waals surface area contributed by atoms with Crippen molar-refractivity contribution in [3.63, 3.8) is 0 Å². The molecule has 6 heteroatoms. The number of halogens is 1. The van der Waals surface area contributed by atoms with Crippen molar-refractivity contribution >= 4 is 11.7 Å². The first-order chi connectivity index (χ1) is 11.7. The lowest BCUT2D eigenvalue weighted by Crippen LogP contribution is -2.41. The summed E-state index contributed by atoms with van der Waals surface area (Å²) < 4.78 is 13.2. The third kappa shape index (κ3) is 4.66. The molecule has 1 aromatic rings. The Morgan fingerprint density at radius 2 is 1.96 bits per heavy atom. The summed E-state index contributed by atoms with van der Waals surface area (Å²) >= 11 is 0. The monoisotopic (exact) mass is 334 g/mol. The first kappa shape index (κ1) is 17.1. The van der Waals surface area contributed by atoms with E-state index in [0.717, 1.165) is 45.4 Å². The van der Waals surface area contributed by atoms with Crippen molar-refractivity contribution < 1.29 is 9.18 Å². The van der Waals surface area contributed by atoms with E-state index in [4.69, 9.17) is 0 Å². The molecule has 0 aromatic carbocycles. The van der Waals surface area contributed by atoms with E-state index < -0.39 is 5.95 Å². The summed E-state index contributed by atoms with van der Waals surface area (Å²) in [5.41, 5.74) is 0. The molecular weight excluding hydrogens is 307 g/mol. The fourth-order valence-electron chi connectivity index (χ4n) is 3.61. The van der Waals surface area contributed by atoms with Gasteiger partial charge in [0.25, 0.3) is 0 Å². The van der Waals surface area contributed by atoms with E-state index in [2.05, 4.69) is 20.1 Å². The van der Waals surface area contributed by atoms with Gasteiger partial charge in [-0.1, -0.05) is 6.07 Å². The van der Waals surface area contributed by atoms with Gasteiger partial charge in [-0.3, -0.25) is 4.79 Å². The Labute approximate surface area is 143 Å². The van der Waals surface area contributed by atoms with Crippen LogP contribution in [0.3, 0.4) is 0 Å². The highest BCUT2D eigenvalue weighted by Crippen LogP contribution is 2.22. The predicted molar refractivity (Wildman–Crippen MR) is 92.4 cm³/mol. The molecule has 5 nitrogen and oxygen atoms in total. The third-order valence-electron chi connectivity index (χ3n) is 5.04. The molecule has 3 heterocycles. The van der Waals surface area contributed by atoms with Crippen LogP contribution in [0.1, 0.15) is 32.1 Å².